The van der Waals surface area contributed by atoms with Crippen LogP contribution in [0, 0.1) is 31.5 Å². The third kappa shape index (κ3) is 5.07. The lowest BCUT2D eigenvalue weighted by molar-refractivity contribution is -0.144. The second-order valence-corrected chi connectivity index (χ2v) is 9.33. The highest BCUT2D eigenvalue weighted by Gasteiger charge is 2.38. The highest BCUT2D eigenvalue weighted by molar-refractivity contribution is 5.70. The lowest BCUT2D eigenvalue weighted by Crippen LogP contribution is -2.36. The molecule has 0 saturated heterocycles. The maximum absolute atomic E-state index is 13.5. The standard InChI is InChI=1S/C26H29FN4O3/c1-15-10-21(30-24(11-15)31-23-12-16(2)20(27)14-29-23)18-6-9-22(28-13-18)26(3,34)19-7-4-17(5-8-19)25(32)33/h6,9-14,17,19,34H,4-5,7-8H2,1-3H3,(H,32,33)(H,29,30,31)/t17-,19-,26?. The van der Waals surface area contributed by atoms with Crippen molar-refractivity contribution >= 4 is 17.6 Å². The molecule has 1 unspecified atom stereocenters. The molecule has 0 aliphatic heterocycles. The Balaban J connectivity index is 1.52. The molecule has 7 nitrogen and oxygen atoms in total. The van der Waals surface area contributed by atoms with Crippen molar-refractivity contribution in [1.29, 1.82) is 0 Å². The van der Waals surface area contributed by atoms with E-state index in [-0.39, 0.29) is 17.7 Å². The van der Waals surface area contributed by atoms with Crippen LogP contribution >= 0.6 is 0 Å². The molecule has 0 bridgehead atoms. The monoisotopic (exact) mass is 464 g/mol. The third-order valence-electron chi connectivity index (χ3n) is 6.72. The molecule has 3 aromatic heterocycles. The topological polar surface area (TPSA) is 108 Å². The second-order valence-electron chi connectivity index (χ2n) is 9.33. The minimum atomic E-state index is -1.14. The van der Waals surface area contributed by atoms with Crippen LogP contribution in [-0.4, -0.2) is 31.1 Å². The Morgan fingerprint density at radius 1 is 1.06 bits per heavy atom. The van der Waals surface area contributed by atoms with E-state index in [1.165, 1.54) is 6.20 Å². The summed E-state index contributed by atoms with van der Waals surface area (Å²) in [4.78, 5) is 24.5. The molecule has 0 aromatic carbocycles. The molecule has 1 aliphatic rings. The first-order chi connectivity index (χ1) is 16.1. The zero-order valence-corrected chi connectivity index (χ0v) is 19.5. The molecule has 0 spiro atoms. The third-order valence-corrected chi connectivity index (χ3v) is 6.72. The number of rotatable bonds is 6. The van der Waals surface area contributed by atoms with Crippen LogP contribution in [0.2, 0.25) is 0 Å². The van der Waals surface area contributed by atoms with Crippen LogP contribution in [0.3, 0.4) is 0 Å². The van der Waals surface area contributed by atoms with Gasteiger partial charge < -0.3 is 15.5 Å². The molecule has 8 heteroatoms. The molecule has 3 aromatic rings. The number of aromatic nitrogens is 3. The first-order valence-electron chi connectivity index (χ1n) is 11.4. The van der Waals surface area contributed by atoms with Crippen LogP contribution < -0.4 is 5.32 Å². The summed E-state index contributed by atoms with van der Waals surface area (Å²) in [6.07, 6.45) is 5.31. The normalized spacial score (nSPS) is 19.9. The number of carboxylic acid groups (broad SMARTS) is 1. The molecular formula is C26H29FN4O3. The maximum atomic E-state index is 13.5. The molecule has 1 atom stereocenters. The molecule has 4 rings (SSSR count). The lowest BCUT2D eigenvalue weighted by Gasteiger charge is -2.36. The molecule has 178 valence electrons. The van der Waals surface area contributed by atoms with Crippen LogP contribution in [0.15, 0.2) is 42.7 Å². The van der Waals surface area contributed by atoms with Crippen LogP contribution in [0.5, 0.6) is 0 Å². The molecule has 0 amide bonds. The van der Waals surface area contributed by atoms with Gasteiger partial charge in [-0.3, -0.25) is 9.78 Å². The predicted molar refractivity (Wildman–Crippen MR) is 127 cm³/mol. The van der Waals surface area contributed by atoms with E-state index in [0.29, 0.717) is 54.3 Å². The van der Waals surface area contributed by atoms with Gasteiger partial charge in [-0.25, -0.2) is 14.4 Å². The zero-order chi connectivity index (χ0) is 24.5. The number of hydrogen-bond donors (Lipinski definition) is 3. The van der Waals surface area contributed by atoms with Crippen LogP contribution in [0.25, 0.3) is 11.3 Å². The van der Waals surface area contributed by atoms with Crippen LogP contribution in [0.1, 0.15) is 49.4 Å². The number of aliphatic hydroxyl groups is 1. The number of nitrogens with zero attached hydrogens (tertiary/aromatic N) is 3. The van der Waals surface area contributed by atoms with Gasteiger partial charge in [-0.2, -0.15) is 0 Å². The summed E-state index contributed by atoms with van der Waals surface area (Å²) in [5, 5.41) is 23.6. The van der Waals surface area contributed by atoms with Crippen molar-refractivity contribution in [1.82, 2.24) is 15.0 Å². The van der Waals surface area contributed by atoms with Gasteiger partial charge in [-0.05, 0) is 93.8 Å². The summed E-state index contributed by atoms with van der Waals surface area (Å²) < 4.78 is 13.5. The van der Waals surface area contributed by atoms with Gasteiger partial charge in [0.2, 0.25) is 0 Å². The van der Waals surface area contributed by atoms with E-state index in [0.717, 1.165) is 11.1 Å². The number of hydrogen-bond acceptors (Lipinski definition) is 6. The quantitative estimate of drug-likeness (QED) is 0.464. The Bertz CT molecular complexity index is 1190. The summed E-state index contributed by atoms with van der Waals surface area (Å²) >= 11 is 0. The first-order valence-corrected chi connectivity index (χ1v) is 11.4. The van der Waals surface area contributed by atoms with Crippen molar-refractivity contribution < 1.29 is 19.4 Å². The minimum absolute atomic E-state index is 0.0407. The van der Waals surface area contributed by atoms with Gasteiger partial charge in [-0.1, -0.05) is 0 Å². The number of aliphatic carboxylic acids is 1. The smallest absolute Gasteiger partial charge is 0.306 e. The summed E-state index contributed by atoms with van der Waals surface area (Å²) in [7, 11) is 0. The van der Waals surface area contributed by atoms with Gasteiger partial charge >= 0.3 is 5.97 Å². The van der Waals surface area contributed by atoms with Gasteiger partial charge in [0, 0.05) is 11.8 Å². The minimum Gasteiger partial charge on any atom is -0.481 e. The number of halogens is 1. The second kappa shape index (κ2) is 9.46. The Labute approximate surface area is 198 Å². The Kier molecular flexibility index (Phi) is 6.61. The van der Waals surface area contributed by atoms with Gasteiger partial charge in [0.05, 0.1) is 23.5 Å². The zero-order valence-electron chi connectivity index (χ0n) is 19.5. The van der Waals surface area contributed by atoms with Crippen molar-refractivity contribution in [2.75, 3.05) is 5.32 Å². The Hall–Kier alpha value is -3.39. The molecule has 3 heterocycles. The highest BCUT2D eigenvalue weighted by atomic mass is 19.1. The summed E-state index contributed by atoms with van der Waals surface area (Å²) in [5.41, 5.74) is 2.41. The fourth-order valence-corrected chi connectivity index (χ4v) is 4.57. The van der Waals surface area contributed by atoms with E-state index in [9.17, 15) is 19.4 Å². The van der Waals surface area contributed by atoms with Gasteiger partial charge in [0.1, 0.15) is 23.1 Å². The number of nitrogens with one attached hydrogen (secondary N) is 1. The average Bonchev–Trinajstić information content (AvgIpc) is 2.81. The first kappa shape index (κ1) is 23.8. The maximum Gasteiger partial charge on any atom is 0.306 e. The van der Waals surface area contributed by atoms with Gasteiger partial charge in [0.15, 0.2) is 0 Å². The van der Waals surface area contributed by atoms with E-state index in [2.05, 4.69) is 20.3 Å². The van der Waals surface area contributed by atoms with E-state index < -0.39 is 11.6 Å². The number of carbonyl (C=O) groups is 1. The Morgan fingerprint density at radius 2 is 1.79 bits per heavy atom. The molecule has 1 saturated carbocycles. The van der Waals surface area contributed by atoms with Crippen LogP contribution in [-0.2, 0) is 10.4 Å². The number of pyridine rings is 3. The summed E-state index contributed by atoms with van der Waals surface area (Å²) in [6.45, 7) is 5.39. The number of aryl methyl sites for hydroxylation is 2. The number of carboxylic acids is 1. The molecule has 1 fully saturated rings. The van der Waals surface area contributed by atoms with Crippen molar-refractivity contribution in [3.63, 3.8) is 0 Å². The van der Waals surface area contributed by atoms with Gasteiger partial charge in [-0.15, -0.1) is 0 Å². The largest absolute Gasteiger partial charge is 0.481 e. The van der Waals surface area contributed by atoms with Crippen LogP contribution in [0.4, 0.5) is 16.0 Å². The van der Waals surface area contributed by atoms with E-state index in [1.54, 1.807) is 32.2 Å². The van der Waals surface area contributed by atoms with Crippen molar-refractivity contribution in [3.05, 3.63) is 65.4 Å². The number of anilines is 2. The Morgan fingerprint density at radius 3 is 2.41 bits per heavy atom. The van der Waals surface area contributed by atoms with Gasteiger partial charge in [0.25, 0.3) is 0 Å². The summed E-state index contributed by atoms with van der Waals surface area (Å²) in [5.74, 6) is -0.400. The fourth-order valence-electron chi connectivity index (χ4n) is 4.57. The van der Waals surface area contributed by atoms with E-state index in [4.69, 9.17) is 0 Å². The van der Waals surface area contributed by atoms with E-state index >= 15 is 0 Å². The fraction of sp³-hybridized carbons (Fsp3) is 0.385. The predicted octanol–water partition coefficient (Wildman–Crippen LogP) is 5.14. The molecule has 3 N–H and O–H groups in total. The SMILES string of the molecule is Cc1cc(Nc2cc(C)c(F)cn2)nc(-c2ccc(C(C)(O)[C@H]3CC[C@H](C(=O)O)CC3)nc2)c1. The van der Waals surface area contributed by atoms with Crippen molar-refractivity contribution in [3.8, 4) is 11.3 Å². The average molecular weight is 465 g/mol. The van der Waals surface area contributed by atoms with Crippen molar-refractivity contribution in [2.24, 2.45) is 11.8 Å². The highest BCUT2D eigenvalue weighted by Crippen LogP contribution is 2.40. The molecule has 0 radical (unpaired) electrons. The lowest BCUT2D eigenvalue weighted by atomic mass is 9.73. The van der Waals surface area contributed by atoms with E-state index in [1.807, 2.05) is 25.1 Å². The van der Waals surface area contributed by atoms with Crippen molar-refractivity contribution in [2.45, 2.75) is 52.1 Å². The molecule has 34 heavy (non-hydrogen) atoms. The summed E-state index contributed by atoms with van der Waals surface area (Å²) in [6, 6.07) is 9.13. The molecule has 1 aliphatic carbocycles. The molecular weight excluding hydrogens is 435 g/mol.